The molecule has 2 aromatic carbocycles. The Balaban J connectivity index is 1.63. The lowest BCUT2D eigenvalue weighted by molar-refractivity contribution is 0.202. The first-order valence-electron chi connectivity index (χ1n) is 7.76. The second-order valence-corrected chi connectivity index (χ2v) is 5.91. The maximum atomic E-state index is 12.4. The van der Waals surface area contributed by atoms with Gasteiger partial charge in [0.05, 0.1) is 17.7 Å². The predicted octanol–water partition coefficient (Wildman–Crippen LogP) is 3.39. The van der Waals surface area contributed by atoms with E-state index in [1.807, 2.05) is 30.3 Å². The first-order valence-corrected chi connectivity index (χ1v) is 7.76. The van der Waals surface area contributed by atoms with Crippen molar-refractivity contribution in [1.82, 2.24) is 10.2 Å². The lowest BCUT2D eigenvalue weighted by atomic mass is 10.1. The Morgan fingerprint density at radius 3 is 2.96 bits per heavy atom. The van der Waals surface area contributed by atoms with Crippen LogP contribution in [0.15, 0.2) is 48.5 Å². The number of fused-ring (bicyclic) bond motifs is 1. The standard InChI is InChI=1S/C19H19N3O/c1-22(13-15-6-4-5-14(11-15)12-20)19(23)21-18-10-9-16-7-2-3-8-17(16)18/h2-8,11,18H,9-10,13H2,1H3,(H,21,23). The molecule has 1 aliphatic rings. The monoisotopic (exact) mass is 305 g/mol. The van der Waals surface area contributed by atoms with Crippen LogP contribution in [-0.2, 0) is 13.0 Å². The molecule has 23 heavy (non-hydrogen) atoms. The molecule has 2 aromatic rings. The third-order valence-corrected chi connectivity index (χ3v) is 4.25. The molecule has 0 saturated heterocycles. The fraction of sp³-hybridized carbons (Fsp3) is 0.263. The van der Waals surface area contributed by atoms with Crippen molar-refractivity contribution in [2.24, 2.45) is 0 Å². The number of nitriles is 1. The summed E-state index contributed by atoms with van der Waals surface area (Å²) >= 11 is 0. The van der Waals surface area contributed by atoms with Gasteiger partial charge in [0.1, 0.15) is 0 Å². The second-order valence-electron chi connectivity index (χ2n) is 5.91. The minimum Gasteiger partial charge on any atom is -0.331 e. The fourth-order valence-corrected chi connectivity index (χ4v) is 3.05. The van der Waals surface area contributed by atoms with Crippen molar-refractivity contribution in [3.05, 3.63) is 70.8 Å². The van der Waals surface area contributed by atoms with E-state index in [4.69, 9.17) is 5.26 Å². The van der Waals surface area contributed by atoms with Gasteiger partial charge in [0, 0.05) is 13.6 Å². The second kappa shape index (κ2) is 6.53. The Morgan fingerprint density at radius 2 is 2.13 bits per heavy atom. The first-order chi connectivity index (χ1) is 11.2. The summed E-state index contributed by atoms with van der Waals surface area (Å²) in [4.78, 5) is 14.1. The highest BCUT2D eigenvalue weighted by Crippen LogP contribution is 2.30. The summed E-state index contributed by atoms with van der Waals surface area (Å²) in [6.07, 6.45) is 1.96. The van der Waals surface area contributed by atoms with Gasteiger partial charge in [0.15, 0.2) is 0 Å². The number of rotatable bonds is 3. The summed E-state index contributed by atoms with van der Waals surface area (Å²) < 4.78 is 0. The Kier molecular flexibility index (Phi) is 4.29. The van der Waals surface area contributed by atoms with Crippen LogP contribution in [0.3, 0.4) is 0 Å². The predicted molar refractivity (Wildman–Crippen MR) is 88.7 cm³/mol. The zero-order valence-electron chi connectivity index (χ0n) is 13.1. The van der Waals surface area contributed by atoms with E-state index in [1.54, 1.807) is 18.0 Å². The van der Waals surface area contributed by atoms with Crippen LogP contribution in [0.5, 0.6) is 0 Å². The molecule has 0 aromatic heterocycles. The number of carbonyl (C=O) groups is 1. The van der Waals surface area contributed by atoms with E-state index in [0.717, 1.165) is 18.4 Å². The van der Waals surface area contributed by atoms with Crippen LogP contribution >= 0.6 is 0 Å². The average molecular weight is 305 g/mol. The molecule has 0 bridgehead atoms. The number of benzene rings is 2. The van der Waals surface area contributed by atoms with Crippen LogP contribution in [0.1, 0.15) is 34.7 Å². The molecular formula is C19H19N3O. The smallest absolute Gasteiger partial charge is 0.317 e. The van der Waals surface area contributed by atoms with Crippen molar-refractivity contribution < 1.29 is 4.79 Å². The number of hydrogen-bond acceptors (Lipinski definition) is 2. The molecule has 0 fully saturated rings. The highest BCUT2D eigenvalue weighted by molar-refractivity contribution is 5.74. The molecule has 0 aliphatic heterocycles. The molecule has 0 spiro atoms. The van der Waals surface area contributed by atoms with Gasteiger partial charge in [-0.3, -0.25) is 0 Å². The Bertz CT molecular complexity index is 763. The molecule has 1 unspecified atom stereocenters. The molecule has 116 valence electrons. The number of urea groups is 1. The minimum absolute atomic E-state index is 0.0888. The summed E-state index contributed by atoms with van der Waals surface area (Å²) in [5.41, 5.74) is 4.11. The lowest BCUT2D eigenvalue weighted by Gasteiger charge is -2.22. The van der Waals surface area contributed by atoms with E-state index in [2.05, 4.69) is 23.5 Å². The van der Waals surface area contributed by atoms with E-state index in [9.17, 15) is 4.79 Å². The van der Waals surface area contributed by atoms with E-state index >= 15 is 0 Å². The van der Waals surface area contributed by atoms with Crippen molar-refractivity contribution in [2.45, 2.75) is 25.4 Å². The molecule has 0 radical (unpaired) electrons. The minimum atomic E-state index is -0.0888. The topological polar surface area (TPSA) is 56.1 Å². The van der Waals surface area contributed by atoms with Crippen molar-refractivity contribution >= 4 is 6.03 Å². The number of nitrogens with zero attached hydrogens (tertiary/aromatic N) is 2. The summed E-state index contributed by atoms with van der Waals surface area (Å²) in [5.74, 6) is 0. The number of amides is 2. The molecule has 3 rings (SSSR count). The molecule has 2 amide bonds. The molecule has 4 heteroatoms. The lowest BCUT2D eigenvalue weighted by Crippen LogP contribution is -2.38. The summed E-state index contributed by atoms with van der Waals surface area (Å²) in [6.45, 7) is 0.482. The van der Waals surface area contributed by atoms with Crippen LogP contribution in [-0.4, -0.2) is 18.0 Å². The van der Waals surface area contributed by atoms with Gasteiger partial charge in [-0.2, -0.15) is 5.26 Å². The van der Waals surface area contributed by atoms with Gasteiger partial charge in [-0.15, -0.1) is 0 Å². The molecule has 0 heterocycles. The van der Waals surface area contributed by atoms with Crippen LogP contribution in [0, 0.1) is 11.3 Å². The molecule has 4 nitrogen and oxygen atoms in total. The summed E-state index contributed by atoms with van der Waals surface area (Å²) in [7, 11) is 1.77. The maximum absolute atomic E-state index is 12.4. The van der Waals surface area contributed by atoms with Crippen molar-refractivity contribution in [1.29, 1.82) is 5.26 Å². The normalized spacial score (nSPS) is 15.6. The molecular weight excluding hydrogens is 286 g/mol. The number of carbonyl (C=O) groups excluding carboxylic acids is 1. The van der Waals surface area contributed by atoms with Gasteiger partial charge in [-0.1, -0.05) is 36.4 Å². The third-order valence-electron chi connectivity index (χ3n) is 4.25. The Labute approximate surface area is 136 Å². The highest BCUT2D eigenvalue weighted by atomic mass is 16.2. The zero-order chi connectivity index (χ0) is 16.2. The van der Waals surface area contributed by atoms with Gasteiger partial charge < -0.3 is 10.2 Å². The quantitative estimate of drug-likeness (QED) is 0.945. The van der Waals surface area contributed by atoms with Gasteiger partial charge in [-0.25, -0.2) is 4.79 Å². The number of nitrogens with one attached hydrogen (secondary N) is 1. The molecule has 1 atom stereocenters. The summed E-state index contributed by atoms with van der Waals surface area (Å²) in [5, 5.41) is 12.1. The fourth-order valence-electron chi connectivity index (χ4n) is 3.05. The van der Waals surface area contributed by atoms with E-state index < -0.39 is 0 Å². The summed E-state index contributed by atoms with van der Waals surface area (Å²) in [6, 6.07) is 17.7. The van der Waals surface area contributed by atoms with E-state index in [-0.39, 0.29) is 12.1 Å². The van der Waals surface area contributed by atoms with Gasteiger partial charge in [0.25, 0.3) is 0 Å². The van der Waals surface area contributed by atoms with Crippen LogP contribution < -0.4 is 5.32 Å². The average Bonchev–Trinajstić information content (AvgIpc) is 2.98. The van der Waals surface area contributed by atoms with E-state index in [1.165, 1.54) is 11.1 Å². The molecule has 0 saturated carbocycles. The largest absolute Gasteiger partial charge is 0.331 e. The van der Waals surface area contributed by atoms with Gasteiger partial charge in [0.2, 0.25) is 0 Å². The van der Waals surface area contributed by atoms with Crippen molar-refractivity contribution in [3.63, 3.8) is 0 Å². The van der Waals surface area contributed by atoms with Crippen LogP contribution in [0.25, 0.3) is 0 Å². The molecule has 1 aliphatic carbocycles. The number of hydrogen-bond donors (Lipinski definition) is 1. The third kappa shape index (κ3) is 3.35. The van der Waals surface area contributed by atoms with E-state index in [0.29, 0.717) is 12.1 Å². The molecule has 1 N–H and O–H groups in total. The zero-order valence-corrected chi connectivity index (χ0v) is 13.1. The van der Waals surface area contributed by atoms with Crippen LogP contribution in [0.4, 0.5) is 4.79 Å². The SMILES string of the molecule is CN(Cc1cccc(C#N)c1)C(=O)NC1CCc2ccccc21. The Hall–Kier alpha value is -2.80. The number of aryl methyl sites for hydroxylation is 1. The van der Waals surface area contributed by atoms with Gasteiger partial charge in [-0.05, 0) is 41.7 Å². The van der Waals surface area contributed by atoms with Gasteiger partial charge >= 0.3 is 6.03 Å². The first kappa shape index (κ1) is 15.1. The van der Waals surface area contributed by atoms with Crippen LogP contribution in [0.2, 0.25) is 0 Å². The Morgan fingerprint density at radius 1 is 1.30 bits per heavy atom. The van der Waals surface area contributed by atoms with Crippen molar-refractivity contribution in [3.8, 4) is 6.07 Å². The van der Waals surface area contributed by atoms with Crippen molar-refractivity contribution in [2.75, 3.05) is 7.05 Å². The maximum Gasteiger partial charge on any atom is 0.317 e. The highest BCUT2D eigenvalue weighted by Gasteiger charge is 2.24.